The number of likely N-dealkylation sites (tertiary alicyclic amines) is 1. The highest BCUT2D eigenvalue weighted by molar-refractivity contribution is 6.30. The lowest BCUT2D eigenvalue weighted by Gasteiger charge is -2.31. The van der Waals surface area contributed by atoms with Crippen molar-refractivity contribution in [2.24, 2.45) is 0 Å². The van der Waals surface area contributed by atoms with Gasteiger partial charge in [-0.25, -0.2) is 4.79 Å². The zero-order valence-electron chi connectivity index (χ0n) is 14.6. The Morgan fingerprint density at radius 1 is 1.24 bits per heavy atom. The molecule has 1 fully saturated rings. The van der Waals surface area contributed by atoms with Crippen molar-refractivity contribution in [3.63, 3.8) is 0 Å². The molecule has 0 radical (unpaired) electrons. The number of carbonyl (C=O) groups excluding carboxylic acids is 2. The average molecular weight is 368 g/mol. The molecule has 0 spiro atoms. The number of rotatable bonds is 7. The minimum Gasteiger partial charge on any atom is -0.450 e. The molecule has 0 atom stereocenters. The Balaban J connectivity index is 1.57. The van der Waals surface area contributed by atoms with Crippen LogP contribution in [0.25, 0.3) is 0 Å². The molecule has 1 aliphatic heterocycles. The number of amides is 2. The molecule has 0 bridgehead atoms. The highest BCUT2D eigenvalue weighted by Gasteiger charge is 2.23. The third kappa shape index (κ3) is 6.92. The first-order valence-corrected chi connectivity index (χ1v) is 9.12. The van der Waals surface area contributed by atoms with Crippen molar-refractivity contribution >= 4 is 23.6 Å². The second-order valence-corrected chi connectivity index (χ2v) is 6.50. The number of hydrogen-bond acceptors (Lipinski definition) is 4. The summed E-state index contributed by atoms with van der Waals surface area (Å²) >= 11 is 5.83. The number of nitrogens with one attached hydrogen (secondary N) is 2. The first kappa shape index (κ1) is 19.5. The quantitative estimate of drug-likeness (QED) is 0.777. The number of piperidine rings is 1. The van der Waals surface area contributed by atoms with E-state index in [1.807, 2.05) is 31.2 Å². The van der Waals surface area contributed by atoms with Crippen molar-refractivity contribution in [1.82, 2.24) is 15.5 Å². The Morgan fingerprint density at radius 3 is 2.56 bits per heavy atom. The zero-order chi connectivity index (χ0) is 18.1. The lowest BCUT2D eigenvalue weighted by molar-refractivity contribution is -0.121. The van der Waals surface area contributed by atoms with Crippen LogP contribution in [0.3, 0.4) is 0 Å². The highest BCUT2D eigenvalue weighted by atomic mass is 35.5. The molecule has 1 heterocycles. The van der Waals surface area contributed by atoms with E-state index in [0.29, 0.717) is 50.3 Å². The van der Waals surface area contributed by atoms with Gasteiger partial charge in [-0.1, -0.05) is 23.7 Å². The van der Waals surface area contributed by atoms with Crippen molar-refractivity contribution in [2.75, 3.05) is 26.2 Å². The van der Waals surface area contributed by atoms with Crippen LogP contribution in [0.5, 0.6) is 0 Å². The molecule has 1 aromatic carbocycles. The van der Waals surface area contributed by atoms with E-state index in [1.165, 1.54) is 0 Å². The third-order valence-corrected chi connectivity index (χ3v) is 4.46. The molecular formula is C18H26ClN3O3. The number of benzene rings is 1. The largest absolute Gasteiger partial charge is 0.450 e. The molecule has 138 valence electrons. The Bertz CT molecular complexity index is 557. The van der Waals surface area contributed by atoms with Gasteiger partial charge in [-0.2, -0.15) is 0 Å². The SMILES string of the molecule is CCOC(=O)N1CCC(NCCC(=O)NCc2ccc(Cl)cc2)CC1. The van der Waals surface area contributed by atoms with E-state index >= 15 is 0 Å². The second-order valence-electron chi connectivity index (χ2n) is 6.07. The van der Waals surface area contributed by atoms with Crippen LogP contribution >= 0.6 is 11.6 Å². The van der Waals surface area contributed by atoms with Gasteiger partial charge in [0.1, 0.15) is 0 Å². The minimum absolute atomic E-state index is 0.0198. The van der Waals surface area contributed by atoms with Gasteiger partial charge in [0.05, 0.1) is 6.61 Å². The maximum atomic E-state index is 11.9. The van der Waals surface area contributed by atoms with E-state index < -0.39 is 0 Å². The van der Waals surface area contributed by atoms with Crippen LogP contribution in [-0.2, 0) is 16.1 Å². The molecule has 1 saturated heterocycles. The summed E-state index contributed by atoms with van der Waals surface area (Å²) in [5, 5.41) is 6.98. The van der Waals surface area contributed by atoms with Crippen molar-refractivity contribution in [1.29, 1.82) is 0 Å². The Kier molecular flexibility index (Phi) is 8.01. The molecule has 1 aromatic rings. The van der Waals surface area contributed by atoms with Crippen LogP contribution in [0.4, 0.5) is 4.79 Å². The summed E-state index contributed by atoms with van der Waals surface area (Å²) in [6.45, 7) is 4.75. The van der Waals surface area contributed by atoms with Crippen LogP contribution in [0.15, 0.2) is 24.3 Å². The smallest absolute Gasteiger partial charge is 0.409 e. The normalized spacial score (nSPS) is 15.0. The standard InChI is InChI=1S/C18H26ClN3O3/c1-2-25-18(24)22-11-8-16(9-12-22)20-10-7-17(23)21-13-14-3-5-15(19)6-4-14/h3-6,16,20H,2,7-13H2,1H3,(H,21,23). The first-order chi connectivity index (χ1) is 12.1. The van der Waals surface area contributed by atoms with Crippen molar-refractivity contribution in [3.8, 4) is 0 Å². The molecule has 7 heteroatoms. The van der Waals surface area contributed by atoms with Gasteiger partial charge in [-0.05, 0) is 37.5 Å². The number of ether oxygens (including phenoxy) is 1. The molecule has 1 aliphatic rings. The van der Waals surface area contributed by atoms with Crippen LogP contribution < -0.4 is 10.6 Å². The predicted octanol–water partition coefficient (Wildman–Crippen LogP) is 2.56. The minimum atomic E-state index is -0.234. The van der Waals surface area contributed by atoms with Crippen LogP contribution in [-0.4, -0.2) is 49.2 Å². The molecular weight excluding hydrogens is 342 g/mol. The number of carbonyl (C=O) groups is 2. The summed E-state index contributed by atoms with van der Waals surface area (Å²) in [5.74, 6) is 0.0198. The summed E-state index contributed by atoms with van der Waals surface area (Å²) in [5.41, 5.74) is 1.03. The molecule has 2 rings (SSSR count). The second kappa shape index (κ2) is 10.3. The average Bonchev–Trinajstić information content (AvgIpc) is 2.62. The molecule has 2 amide bonds. The van der Waals surface area contributed by atoms with Gasteiger partial charge in [0, 0.05) is 43.7 Å². The Hall–Kier alpha value is -1.79. The van der Waals surface area contributed by atoms with E-state index in [0.717, 1.165) is 18.4 Å². The number of nitrogens with zero attached hydrogens (tertiary/aromatic N) is 1. The van der Waals surface area contributed by atoms with Gasteiger partial charge < -0.3 is 20.3 Å². The van der Waals surface area contributed by atoms with Crippen molar-refractivity contribution in [2.45, 2.75) is 38.8 Å². The van der Waals surface area contributed by atoms with Crippen LogP contribution in [0.2, 0.25) is 5.02 Å². The molecule has 0 saturated carbocycles. The van der Waals surface area contributed by atoms with E-state index in [4.69, 9.17) is 16.3 Å². The Labute approximate surface area is 153 Å². The van der Waals surface area contributed by atoms with E-state index in [2.05, 4.69) is 10.6 Å². The van der Waals surface area contributed by atoms with E-state index in [9.17, 15) is 9.59 Å². The molecule has 2 N–H and O–H groups in total. The van der Waals surface area contributed by atoms with Crippen molar-refractivity contribution in [3.05, 3.63) is 34.9 Å². The molecule has 0 aliphatic carbocycles. The fraction of sp³-hybridized carbons (Fsp3) is 0.556. The van der Waals surface area contributed by atoms with E-state index in [-0.39, 0.29) is 12.0 Å². The van der Waals surface area contributed by atoms with Gasteiger partial charge in [-0.3, -0.25) is 4.79 Å². The lowest BCUT2D eigenvalue weighted by Crippen LogP contribution is -2.45. The van der Waals surface area contributed by atoms with Gasteiger partial charge in [-0.15, -0.1) is 0 Å². The Morgan fingerprint density at radius 2 is 1.92 bits per heavy atom. The molecule has 0 aromatic heterocycles. The fourth-order valence-corrected chi connectivity index (χ4v) is 2.89. The first-order valence-electron chi connectivity index (χ1n) is 8.74. The zero-order valence-corrected chi connectivity index (χ0v) is 15.3. The van der Waals surface area contributed by atoms with Gasteiger partial charge in [0.25, 0.3) is 0 Å². The predicted molar refractivity (Wildman–Crippen MR) is 97.5 cm³/mol. The van der Waals surface area contributed by atoms with Gasteiger partial charge in [0.15, 0.2) is 0 Å². The summed E-state index contributed by atoms with van der Waals surface area (Å²) < 4.78 is 5.01. The summed E-state index contributed by atoms with van der Waals surface area (Å²) in [6.07, 6.45) is 1.96. The monoisotopic (exact) mass is 367 g/mol. The van der Waals surface area contributed by atoms with Crippen LogP contribution in [0, 0.1) is 0 Å². The maximum Gasteiger partial charge on any atom is 0.409 e. The molecule has 0 unspecified atom stereocenters. The molecule has 25 heavy (non-hydrogen) atoms. The highest BCUT2D eigenvalue weighted by Crippen LogP contribution is 2.11. The summed E-state index contributed by atoms with van der Waals surface area (Å²) in [6, 6.07) is 7.77. The fourth-order valence-electron chi connectivity index (χ4n) is 2.76. The van der Waals surface area contributed by atoms with Gasteiger partial charge in [0.2, 0.25) is 5.91 Å². The maximum absolute atomic E-state index is 11.9. The summed E-state index contributed by atoms with van der Waals surface area (Å²) in [4.78, 5) is 25.3. The van der Waals surface area contributed by atoms with Crippen LogP contribution in [0.1, 0.15) is 31.7 Å². The van der Waals surface area contributed by atoms with E-state index in [1.54, 1.807) is 4.90 Å². The van der Waals surface area contributed by atoms with Gasteiger partial charge >= 0.3 is 6.09 Å². The number of halogens is 1. The molecule has 6 nitrogen and oxygen atoms in total. The van der Waals surface area contributed by atoms with Crippen molar-refractivity contribution < 1.29 is 14.3 Å². The topological polar surface area (TPSA) is 70.7 Å². The third-order valence-electron chi connectivity index (χ3n) is 4.21. The summed E-state index contributed by atoms with van der Waals surface area (Å²) in [7, 11) is 0. The lowest BCUT2D eigenvalue weighted by atomic mass is 10.1. The number of hydrogen-bond donors (Lipinski definition) is 2.